The van der Waals surface area contributed by atoms with Crippen LogP contribution in [0.3, 0.4) is 0 Å². The molecular formula is C46H52O4. The number of rotatable bonds is 4. The number of hydrogen-bond donors (Lipinski definition) is 0. The molecular weight excluding hydrogens is 617 g/mol. The number of methoxy groups -OCH3 is 4. The standard InChI is InChI=1S/C46H52O4/c1-43(2,3)25-17-21-22-18-26(44(4,5)6)41(49-15)37-30(22)34-32-24(20-28(46(10,11)12)42(50-16)38(32)37)23-19-27(45(7,8)9)40(48-14)36-31(23)33(34)29(21)35(36)39(25)47-13/h17-20H,1-16H3. The van der Waals surface area contributed by atoms with Crippen LogP contribution in [-0.4, -0.2) is 28.4 Å². The minimum absolute atomic E-state index is 0.178. The lowest BCUT2D eigenvalue weighted by Crippen LogP contribution is -2.14. The van der Waals surface area contributed by atoms with Gasteiger partial charge in [0, 0.05) is 76.1 Å². The highest BCUT2D eigenvalue weighted by Crippen LogP contribution is 2.63. The van der Waals surface area contributed by atoms with Gasteiger partial charge in [0.15, 0.2) is 0 Å². The van der Waals surface area contributed by atoms with Crippen molar-refractivity contribution in [2.45, 2.75) is 105 Å². The van der Waals surface area contributed by atoms with Gasteiger partial charge in [0.1, 0.15) is 23.0 Å². The molecule has 0 fully saturated rings. The molecule has 0 amide bonds. The molecule has 0 radical (unpaired) electrons. The van der Waals surface area contributed by atoms with Crippen molar-refractivity contribution in [3.05, 3.63) is 46.5 Å². The molecule has 8 rings (SSSR count). The maximum absolute atomic E-state index is 6.54. The number of hydrogen-bond acceptors (Lipinski definition) is 4. The summed E-state index contributed by atoms with van der Waals surface area (Å²) in [4.78, 5) is 0. The Hall–Kier alpha value is -4.18. The predicted molar refractivity (Wildman–Crippen MR) is 215 cm³/mol. The van der Waals surface area contributed by atoms with Gasteiger partial charge in [0.05, 0.1) is 28.4 Å². The minimum Gasteiger partial charge on any atom is -0.496 e. The van der Waals surface area contributed by atoms with E-state index in [4.69, 9.17) is 18.9 Å². The summed E-state index contributed by atoms with van der Waals surface area (Å²) in [7, 11) is 7.33. The van der Waals surface area contributed by atoms with E-state index in [1.807, 2.05) is 28.4 Å². The first-order chi connectivity index (χ1) is 23.2. The quantitative estimate of drug-likeness (QED) is 0.175. The van der Waals surface area contributed by atoms with Crippen molar-refractivity contribution < 1.29 is 18.9 Å². The lowest BCUT2D eigenvalue weighted by molar-refractivity contribution is 0.399. The summed E-state index contributed by atoms with van der Waals surface area (Å²) in [6, 6.07) is 9.70. The van der Waals surface area contributed by atoms with Crippen LogP contribution in [0.25, 0.3) is 75.4 Å². The molecule has 260 valence electrons. The van der Waals surface area contributed by atoms with E-state index in [2.05, 4.69) is 107 Å². The zero-order chi connectivity index (χ0) is 36.4. The fourth-order valence-corrected chi connectivity index (χ4v) is 9.33. The van der Waals surface area contributed by atoms with E-state index in [1.165, 1.54) is 76.1 Å². The van der Waals surface area contributed by atoms with Crippen LogP contribution >= 0.6 is 0 Å². The Balaban J connectivity index is 1.91. The summed E-state index contributed by atoms with van der Waals surface area (Å²) in [6.07, 6.45) is 0. The summed E-state index contributed by atoms with van der Waals surface area (Å²) in [5.74, 6) is 3.75. The van der Waals surface area contributed by atoms with Gasteiger partial charge in [0.25, 0.3) is 0 Å². The van der Waals surface area contributed by atoms with Crippen molar-refractivity contribution in [2.24, 2.45) is 0 Å². The second-order valence-corrected chi connectivity index (χ2v) is 18.8. The maximum Gasteiger partial charge on any atom is 0.131 e. The molecule has 0 atom stereocenters. The van der Waals surface area contributed by atoms with Crippen LogP contribution in [0.15, 0.2) is 24.3 Å². The topological polar surface area (TPSA) is 36.9 Å². The molecule has 0 aliphatic carbocycles. The zero-order valence-electron chi connectivity index (χ0n) is 32.9. The van der Waals surface area contributed by atoms with E-state index < -0.39 is 0 Å². The molecule has 0 saturated heterocycles. The van der Waals surface area contributed by atoms with Crippen molar-refractivity contribution in [2.75, 3.05) is 28.4 Å². The SMILES string of the molecule is COc1c(C(C)(C)C)cc2c3cc(C(C)(C)C)c(OC)c4c5c(OC)c(C(C)(C)C)cc6c7cc(C(C)(C)C)c(OC)c8c1c2c(c78)c(c34)c65. The first kappa shape index (κ1) is 33.0. The van der Waals surface area contributed by atoms with E-state index in [-0.39, 0.29) is 21.7 Å². The van der Waals surface area contributed by atoms with E-state index in [9.17, 15) is 0 Å². The van der Waals surface area contributed by atoms with Gasteiger partial charge in [-0.3, -0.25) is 0 Å². The Morgan fingerprint density at radius 3 is 0.600 bits per heavy atom. The molecule has 0 unspecified atom stereocenters. The largest absolute Gasteiger partial charge is 0.496 e. The van der Waals surface area contributed by atoms with Crippen LogP contribution in [0, 0.1) is 0 Å². The van der Waals surface area contributed by atoms with Crippen LogP contribution < -0.4 is 18.9 Å². The Labute approximate surface area is 296 Å². The summed E-state index contributed by atoms with van der Waals surface area (Å²) < 4.78 is 26.1. The van der Waals surface area contributed by atoms with Crippen LogP contribution in [0.4, 0.5) is 0 Å². The number of ether oxygens (including phenoxy) is 4. The van der Waals surface area contributed by atoms with E-state index in [0.29, 0.717) is 0 Å². The van der Waals surface area contributed by atoms with Gasteiger partial charge in [-0.15, -0.1) is 0 Å². The van der Waals surface area contributed by atoms with Crippen LogP contribution in [0.5, 0.6) is 23.0 Å². The van der Waals surface area contributed by atoms with Gasteiger partial charge < -0.3 is 18.9 Å². The smallest absolute Gasteiger partial charge is 0.131 e. The Bertz CT molecular complexity index is 2280. The molecule has 0 N–H and O–H groups in total. The molecule has 4 heteroatoms. The van der Waals surface area contributed by atoms with Gasteiger partial charge in [-0.05, 0) is 67.5 Å². The molecule has 0 spiro atoms. The molecule has 0 saturated carbocycles. The molecule has 4 nitrogen and oxygen atoms in total. The second-order valence-electron chi connectivity index (χ2n) is 18.8. The number of benzene rings is 6. The molecule has 0 aliphatic heterocycles. The van der Waals surface area contributed by atoms with Crippen molar-refractivity contribution in [1.82, 2.24) is 0 Å². The third-order valence-corrected chi connectivity index (χ3v) is 11.5. The molecule has 50 heavy (non-hydrogen) atoms. The van der Waals surface area contributed by atoms with E-state index >= 15 is 0 Å². The van der Waals surface area contributed by atoms with Crippen molar-refractivity contribution in [3.63, 3.8) is 0 Å². The first-order valence-electron chi connectivity index (χ1n) is 18.0. The first-order valence-corrected chi connectivity index (χ1v) is 18.0. The minimum atomic E-state index is -0.178. The second kappa shape index (κ2) is 9.78. The molecule has 0 heterocycles. The molecule has 0 aliphatic rings. The van der Waals surface area contributed by atoms with Gasteiger partial charge in [-0.2, -0.15) is 0 Å². The Kier molecular flexibility index (Phi) is 6.45. The van der Waals surface area contributed by atoms with Crippen LogP contribution in [-0.2, 0) is 21.7 Å². The lowest BCUT2D eigenvalue weighted by atomic mass is 9.80. The number of fused-ring (bicyclic) bond motifs is 4. The average molecular weight is 669 g/mol. The van der Waals surface area contributed by atoms with Crippen LogP contribution in [0.2, 0.25) is 0 Å². The third kappa shape index (κ3) is 3.88. The van der Waals surface area contributed by atoms with Gasteiger partial charge in [0.2, 0.25) is 0 Å². The highest BCUT2D eigenvalue weighted by molar-refractivity contribution is 6.56. The van der Waals surface area contributed by atoms with Crippen molar-refractivity contribution in [3.8, 4) is 23.0 Å². The van der Waals surface area contributed by atoms with Gasteiger partial charge in [-0.1, -0.05) is 83.1 Å². The normalized spacial score (nSPS) is 14.0. The van der Waals surface area contributed by atoms with Crippen LogP contribution in [0.1, 0.15) is 105 Å². The maximum atomic E-state index is 6.54. The zero-order valence-corrected chi connectivity index (χ0v) is 32.9. The summed E-state index contributed by atoms with van der Waals surface area (Å²) in [5, 5.41) is 17.2. The molecule has 0 aromatic heterocycles. The van der Waals surface area contributed by atoms with E-state index in [1.54, 1.807) is 0 Å². The van der Waals surface area contributed by atoms with E-state index in [0.717, 1.165) is 44.5 Å². The fraction of sp³-hybridized carbons (Fsp3) is 0.435. The summed E-state index contributed by atoms with van der Waals surface area (Å²) >= 11 is 0. The Morgan fingerprint density at radius 1 is 0.280 bits per heavy atom. The van der Waals surface area contributed by atoms with Gasteiger partial charge >= 0.3 is 0 Å². The molecule has 8 aromatic carbocycles. The monoisotopic (exact) mass is 668 g/mol. The Morgan fingerprint density at radius 2 is 0.460 bits per heavy atom. The average Bonchev–Trinajstić information content (AvgIpc) is 3.55. The lowest BCUT2D eigenvalue weighted by Gasteiger charge is -2.27. The third-order valence-electron chi connectivity index (χ3n) is 11.5. The highest BCUT2D eigenvalue weighted by atomic mass is 16.5. The summed E-state index contributed by atoms with van der Waals surface area (Å²) in [5.41, 5.74) is 4.06. The molecule has 0 bridgehead atoms. The van der Waals surface area contributed by atoms with Crippen molar-refractivity contribution >= 4 is 75.4 Å². The highest BCUT2D eigenvalue weighted by Gasteiger charge is 2.38. The fourth-order valence-electron chi connectivity index (χ4n) is 9.33. The molecule has 8 aromatic rings. The summed E-state index contributed by atoms with van der Waals surface area (Å²) in [6.45, 7) is 27.5. The van der Waals surface area contributed by atoms with Gasteiger partial charge in [-0.25, -0.2) is 0 Å². The predicted octanol–water partition coefficient (Wildman–Crippen LogP) is 12.7. The van der Waals surface area contributed by atoms with Crippen molar-refractivity contribution in [1.29, 1.82) is 0 Å².